The lowest BCUT2D eigenvalue weighted by atomic mass is 10.4. The van der Waals surface area contributed by atoms with Crippen LogP contribution < -0.4 is 4.72 Å². The first-order chi connectivity index (χ1) is 6.56. The van der Waals surface area contributed by atoms with Gasteiger partial charge in [0.15, 0.2) is 0 Å². The zero-order valence-electron chi connectivity index (χ0n) is 7.30. The highest BCUT2D eigenvalue weighted by Gasteiger charge is 2.14. The molecule has 5 heteroatoms. The first kappa shape index (κ1) is 10.5. The van der Waals surface area contributed by atoms with E-state index in [0.717, 1.165) is 6.08 Å². The summed E-state index contributed by atoms with van der Waals surface area (Å²) in [7, 11) is -3.74. The summed E-state index contributed by atoms with van der Waals surface area (Å²) in [5.74, 6) is -0.742. The maximum atomic E-state index is 11.4. The molecule has 0 bridgehead atoms. The predicted molar refractivity (Wildman–Crippen MR) is 52.0 cm³/mol. The molecule has 0 heterocycles. The number of carbonyl (C=O) groups is 1. The normalized spacial score (nSPS) is 10.6. The number of nitrogens with one attached hydrogen (secondary N) is 1. The van der Waals surface area contributed by atoms with Gasteiger partial charge in [0.05, 0.1) is 4.90 Å². The number of rotatable bonds is 3. The molecule has 0 atom stereocenters. The lowest BCUT2D eigenvalue weighted by Crippen LogP contribution is -2.28. The predicted octanol–water partition coefficient (Wildman–Crippen LogP) is 0.678. The van der Waals surface area contributed by atoms with Crippen LogP contribution in [0, 0.1) is 0 Å². The number of hydrogen-bond donors (Lipinski definition) is 1. The van der Waals surface area contributed by atoms with Crippen LogP contribution in [0.25, 0.3) is 0 Å². The lowest BCUT2D eigenvalue weighted by molar-refractivity contribution is -0.114. The zero-order chi connectivity index (χ0) is 10.6. The molecule has 4 nitrogen and oxygen atoms in total. The molecule has 0 aliphatic carbocycles. The van der Waals surface area contributed by atoms with E-state index < -0.39 is 15.9 Å². The lowest BCUT2D eigenvalue weighted by Gasteiger charge is -2.03. The van der Waals surface area contributed by atoms with E-state index >= 15 is 0 Å². The highest BCUT2D eigenvalue weighted by molar-refractivity contribution is 7.90. The second-order valence-corrected chi connectivity index (χ2v) is 4.17. The third-order valence-electron chi connectivity index (χ3n) is 1.47. The Kier molecular flexibility index (Phi) is 3.03. The Morgan fingerprint density at radius 3 is 2.36 bits per heavy atom. The highest BCUT2D eigenvalue weighted by atomic mass is 32.2. The fourth-order valence-electron chi connectivity index (χ4n) is 0.833. The van der Waals surface area contributed by atoms with Gasteiger partial charge in [-0.15, -0.1) is 0 Å². The van der Waals surface area contributed by atoms with Gasteiger partial charge in [0.1, 0.15) is 0 Å². The molecule has 14 heavy (non-hydrogen) atoms. The molecule has 74 valence electrons. The molecule has 1 aromatic rings. The smallest absolute Gasteiger partial charge is 0.264 e. The van der Waals surface area contributed by atoms with Gasteiger partial charge in [0.25, 0.3) is 15.9 Å². The monoisotopic (exact) mass is 211 g/mol. The van der Waals surface area contributed by atoms with Crippen LogP contribution in [0.3, 0.4) is 0 Å². The van der Waals surface area contributed by atoms with Crippen LogP contribution in [0.1, 0.15) is 0 Å². The van der Waals surface area contributed by atoms with Crippen molar-refractivity contribution in [3.05, 3.63) is 43.0 Å². The van der Waals surface area contributed by atoms with Gasteiger partial charge in [-0.1, -0.05) is 24.8 Å². The fraction of sp³-hybridized carbons (Fsp3) is 0. The van der Waals surface area contributed by atoms with E-state index in [0.29, 0.717) is 0 Å². The molecule has 1 amide bonds. The first-order valence-corrected chi connectivity index (χ1v) is 5.29. The molecule has 1 rings (SSSR count). The minimum absolute atomic E-state index is 0.0511. The molecule has 0 unspecified atom stereocenters. The number of benzene rings is 1. The molecule has 0 aliphatic heterocycles. The Morgan fingerprint density at radius 2 is 1.86 bits per heavy atom. The molecule has 1 aromatic carbocycles. The molecule has 0 spiro atoms. The van der Waals surface area contributed by atoms with Crippen LogP contribution in [0.2, 0.25) is 0 Å². The molecule has 0 fully saturated rings. The number of amides is 1. The van der Waals surface area contributed by atoms with Gasteiger partial charge in [0.2, 0.25) is 0 Å². The largest absolute Gasteiger partial charge is 0.269 e. The highest BCUT2D eigenvalue weighted by Crippen LogP contribution is 2.06. The quantitative estimate of drug-likeness (QED) is 0.748. The van der Waals surface area contributed by atoms with E-state index in [4.69, 9.17) is 0 Å². The Bertz CT molecular complexity index is 436. The molecule has 0 saturated heterocycles. The van der Waals surface area contributed by atoms with Crippen molar-refractivity contribution in [1.29, 1.82) is 0 Å². The van der Waals surface area contributed by atoms with Gasteiger partial charge in [-0.05, 0) is 18.2 Å². The summed E-state index contributed by atoms with van der Waals surface area (Å²) in [5.41, 5.74) is 0. The standard InChI is InChI=1S/C9H9NO3S/c1-2-9(11)10-14(12,13)8-6-4-3-5-7-8/h2-7H,1H2,(H,10,11). The SMILES string of the molecule is C=CC(=O)NS(=O)(=O)c1ccccc1. The molecular weight excluding hydrogens is 202 g/mol. The van der Waals surface area contributed by atoms with E-state index in [9.17, 15) is 13.2 Å². The third kappa shape index (κ3) is 2.43. The van der Waals surface area contributed by atoms with Crippen LogP contribution >= 0.6 is 0 Å². The van der Waals surface area contributed by atoms with Gasteiger partial charge in [-0.3, -0.25) is 4.79 Å². The van der Waals surface area contributed by atoms with Crippen molar-refractivity contribution in [2.45, 2.75) is 4.90 Å². The van der Waals surface area contributed by atoms with E-state index in [-0.39, 0.29) is 4.90 Å². The zero-order valence-corrected chi connectivity index (χ0v) is 8.12. The fourth-order valence-corrected chi connectivity index (χ4v) is 1.81. The van der Waals surface area contributed by atoms with Gasteiger partial charge < -0.3 is 0 Å². The van der Waals surface area contributed by atoms with E-state index in [1.165, 1.54) is 12.1 Å². The topological polar surface area (TPSA) is 63.2 Å². The van der Waals surface area contributed by atoms with Gasteiger partial charge >= 0.3 is 0 Å². The van der Waals surface area contributed by atoms with Crippen molar-refractivity contribution in [1.82, 2.24) is 4.72 Å². The summed E-state index contributed by atoms with van der Waals surface area (Å²) in [6.07, 6.45) is 0.903. The van der Waals surface area contributed by atoms with Gasteiger partial charge in [-0.25, -0.2) is 13.1 Å². The Balaban J connectivity index is 2.98. The van der Waals surface area contributed by atoms with E-state index in [1.807, 2.05) is 4.72 Å². The van der Waals surface area contributed by atoms with E-state index in [2.05, 4.69) is 6.58 Å². The van der Waals surface area contributed by atoms with Crippen LogP contribution in [-0.4, -0.2) is 14.3 Å². The van der Waals surface area contributed by atoms with Crippen LogP contribution in [0.15, 0.2) is 47.9 Å². The number of sulfonamides is 1. The second kappa shape index (κ2) is 4.06. The first-order valence-electron chi connectivity index (χ1n) is 3.80. The van der Waals surface area contributed by atoms with Gasteiger partial charge in [-0.2, -0.15) is 0 Å². The third-order valence-corrected chi connectivity index (χ3v) is 2.84. The van der Waals surface area contributed by atoms with Crippen LogP contribution in [0.4, 0.5) is 0 Å². The van der Waals surface area contributed by atoms with Gasteiger partial charge in [0, 0.05) is 0 Å². The summed E-state index contributed by atoms with van der Waals surface area (Å²) in [5, 5.41) is 0. The average molecular weight is 211 g/mol. The summed E-state index contributed by atoms with van der Waals surface area (Å²) in [6, 6.07) is 7.64. The molecule has 0 radical (unpaired) electrons. The summed E-state index contributed by atoms with van der Waals surface area (Å²) in [4.78, 5) is 10.8. The number of carbonyl (C=O) groups excluding carboxylic acids is 1. The van der Waals surface area contributed by atoms with Crippen molar-refractivity contribution >= 4 is 15.9 Å². The molecule has 0 saturated carbocycles. The average Bonchev–Trinajstić information content (AvgIpc) is 2.18. The Labute approximate surface area is 82.3 Å². The van der Waals surface area contributed by atoms with Crippen molar-refractivity contribution in [3.8, 4) is 0 Å². The summed E-state index contributed by atoms with van der Waals surface area (Å²) in [6.45, 7) is 3.16. The maximum Gasteiger partial charge on any atom is 0.264 e. The van der Waals surface area contributed by atoms with Crippen LogP contribution in [0.5, 0.6) is 0 Å². The Hall–Kier alpha value is -1.62. The van der Waals surface area contributed by atoms with Crippen molar-refractivity contribution in [3.63, 3.8) is 0 Å². The molecule has 0 aromatic heterocycles. The Morgan fingerprint density at radius 1 is 1.29 bits per heavy atom. The summed E-state index contributed by atoms with van der Waals surface area (Å²) < 4.78 is 24.7. The molecule has 1 N–H and O–H groups in total. The molecule has 0 aliphatic rings. The second-order valence-electron chi connectivity index (χ2n) is 2.49. The van der Waals surface area contributed by atoms with E-state index in [1.54, 1.807) is 18.2 Å². The van der Waals surface area contributed by atoms with Crippen molar-refractivity contribution in [2.24, 2.45) is 0 Å². The minimum Gasteiger partial charge on any atom is -0.269 e. The van der Waals surface area contributed by atoms with Crippen molar-refractivity contribution < 1.29 is 13.2 Å². The maximum absolute atomic E-state index is 11.4. The van der Waals surface area contributed by atoms with Crippen LogP contribution in [-0.2, 0) is 14.8 Å². The molecular formula is C9H9NO3S. The number of hydrogen-bond acceptors (Lipinski definition) is 3. The minimum atomic E-state index is -3.74. The summed E-state index contributed by atoms with van der Waals surface area (Å²) >= 11 is 0. The van der Waals surface area contributed by atoms with Crippen molar-refractivity contribution in [2.75, 3.05) is 0 Å².